The average molecular weight is 233 g/mol. The molecule has 1 aromatic heterocycles. The Bertz CT molecular complexity index is 404. The van der Waals surface area contributed by atoms with Crippen molar-refractivity contribution in [2.75, 3.05) is 12.3 Å². The summed E-state index contributed by atoms with van der Waals surface area (Å²) in [6.45, 7) is 3.26. The molecule has 0 N–H and O–H groups in total. The molecule has 0 bridgehead atoms. The van der Waals surface area contributed by atoms with Gasteiger partial charge in [0, 0.05) is 24.5 Å². The molecule has 2 aliphatic heterocycles. The van der Waals surface area contributed by atoms with Gasteiger partial charge in [-0.1, -0.05) is 24.8 Å². The van der Waals surface area contributed by atoms with E-state index >= 15 is 0 Å². The highest BCUT2D eigenvalue weighted by Gasteiger charge is 2.36. The van der Waals surface area contributed by atoms with E-state index in [1.807, 2.05) is 30.1 Å². The third-order valence-corrected chi connectivity index (χ3v) is 4.38. The summed E-state index contributed by atoms with van der Waals surface area (Å²) in [6, 6.07) is 6.99. The van der Waals surface area contributed by atoms with Crippen molar-refractivity contribution in [1.29, 1.82) is 0 Å². The number of amidine groups is 1. The first-order chi connectivity index (χ1) is 7.88. The predicted octanol–water partition coefficient (Wildman–Crippen LogP) is 2.32. The second kappa shape index (κ2) is 4.09. The van der Waals surface area contributed by atoms with Gasteiger partial charge in [0.25, 0.3) is 0 Å². The van der Waals surface area contributed by atoms with E-state index in [1.54, 1.807) is 0 Å². The van der Waals surface area contributed by atoms with E-state index in [1.165, 1.54) is 17.3 Å². The van der Waals surface area contributed by atoms with Crippen LogP contribution >= 0.6 is 11.8 Å². The first-order valence-corrected chi connectivity index (χ1v) is 6.75. The van der Waals surface area contributed by atoms with E-state index in [0.29, 0.717) is 6.04 Å². The molecule has 84 valence electrons. The van der Waals surface area contributed by atoms with Gasteiger partial charge < -0.3 is 4.90 Å². The zero-order valence-corrected chi connectivity index (χ0v) is 10.2. The van der Waals surface area contributed by atoms with Crippen LogP contribution in [0.1, 0.15) is 25.1 Å². The van der Waals surface area contributed by atoms with Gasteiger partial charge >= 0.3 is 0 Å². The minimum Gasteiger partial charge on any atom is -0.345 e. The summed E-state index contributed by atoms with van der Waals surface area (Å²) in [5.74, 6) is 1.20. The lowest BCUT2D eigenvalue weighted by Gasteiger charge is -2.21. The van der Waals surface area contributed by atoms with Gasteiger partial charge in [0.2, 0.25) is 0 Å². The van der Waals surface area contributed by atoms with Gasteiger partial charge in [0.1, 0.15) is 6.04 Å². The van der Waals surface area contributed by atoms with E-state index < -0.39 is 0 Å². The van der Waals surface area contributed by atoms with E-state index in [9.17, 15) is 0 Å². The fourth-order valence-electron chi connectivity index (χ4n) is 2.27. The Kier molecular flexibility index (Phi) is 2.59. The zero-order valence-electron chi connectivity index (χ0n) is 9.34. The number of aromatic nitrogens is 1. The molecule has 0 amide bonds. The molecule has 3 rings (SSSR count). The fourth-order valence-corrected chi connectivity index (χ4v) is 3.62. The van der Waals surface area contributed by atoms with Crippen LogP contribution in [0.5, 0.6) is 0 Å². The highest BCUT2D eigenvalue weighted by Crippen LogP contribution is 2.35. The second-order valence-corrected chi connectivity index (χ2v) is 5.19. The summed E-state index contributed by atoms with van der Waals surface area (Å²) < 4.78 is 0. The molecule has 0 saturated carbocycles. The summed E-state index contributed by atoms with van der Waals surface area (Å²) in [6.07, 6.45) is 3.06. The Hall–Kier alpha value is -1.03. The van der Waals surface area contributed by atoms with E-state index in [2.05, 4.69) is 22.9 Å². The van der Waals surface area contributed by atoms with Crippen molar-refractivity contribution in [2.24, 2.45) is 4.99 Å². The molecule has 0 unspecified atom stereocenters. The van der Waals surface area contributed by atoms with Crippen LogP contribution in [0, 0.1) is 0 Å². The molecule has 2 aliphatic rings. The zero-order chi connectivity index (χ0) is 11.0. The molecule has 3 heterocycles. The highest BCUT2D eigenvalue weighted by molar-refractivity contribution is 8.14. The third-order valence-electron chi connectivity index (χ3n) is 3.23. The fraction of sp³-hybridized carbons (Fsp3) is 0.500. The number of nitrogens with zero attached hydrogens (tertiary/aromatic N) is 3. The Morgan fingerprint density at radius 3 is 3.19 bits per heavy atom. The predicted molar refractivity (Wildman–Crippen MR) is 67.7 cm³/mol. The van der Waals surface area contributed by atoms with Crippen LogP contribution in [-0.2, 0) is 0 Å². The smallest absolute Gasteiger partial charge is 0.160 e. The van der Waals surface area contributed by atoms with Crippen molar-refractivity contribution in [2.45, 2.75) is 25.4 Å². The molecule has 16 heavy (non-hydrogen) atoms. The van der Waals surface area contributed by atoms with Gasteiger partial charge in [-0.2, -0.15) is 0 Å². The first kappa shape index (κ1) is 10.1. The summed E-state index contributed by atoms with van der Waals surface area (Å²) in [7, 11) is 0. The van der Waals surface area contributed by atoms with Gasteiger partial charge in [-0.3, -0.25) is 9.98 Å². The number of aliphatic imine (C=N–C) groups is 1. The molecule has 4 heteroatoms. The number of pyridine rings is 1. The Morgan fingerprint density at radius 1 is 1.50 bits per heavy atom. The van der Waals surface area contributed by atoms with Gasteiger partial charge in [0.05, 0.1) is 5.69 Å². The highest BCUT2D eigenvalue weighted by atomic mass is 32.2. The number of hydrogen-bond acceptors (Lipinski definition) is 4. The molecular formula is C12H15N3S. The van der Waals surface area contributed by atoms with Crippen LogP contribution in [0.2, 0.25) is 0 Å². The SMILES string of the molecule is CC[C@@H]1CSC2=N[C@@H](c3ccccn3)CN21. The molecule has 0 radical (unpaired) electrons. The monoisotopic (exact) mass is 233 g/mol. The molecule has 2 atom stereocenters. The number of hydrogen-bond donors (Lipinski definition) is 0. The largest absolute Gasteiger partial charge is 0.345 e. The molecule has 0 spiro atoms. The quantitative estimate of drug-likeness (QED) is 0.785. The number of rotatable bonds is 2. The van der Waals surface area contributed by atoms with Crippen LogP contribution < -0.4 is 0 Å². The molecule has 0 aliphatic carbocycles. The van der Waals surface area contributed by atoms with Gasteiger partial charge in [-0.15, -0.1) is 0 Å². The van der Waals surface area contributed by atoms with Crippen LogP contribution in [-0.4, -0.2) is 33.4 Å². The maximum atomic E-state index is 4.76. The summed E-state index contributed by atoms with van der Waals surface area (Å²) in [5, 5.41) is 1.22. The van der Waals surface area contributed by atoms with E-state index in [4.69, 9.17) is 4.99 Å². The van der Waals surface area contributed by atoms with E-state index in [-0.39, 0.29) is 6.04 Å². The standard InChI is InChI=1S/C12H15N3S/c1-2-9-8-16-12-14-11(7-15(9)12)10-5-3-4-6-13-10/h3-6,9,11H,2,7-8H2,1H3/t9-,11-/m1/s1. The molecule has 0 aromatic carbocycles. The van der Waals surface area contributed by atoms with Crippen LogP contribution in [0.4, 0.5) is 0 Å². The van der Waals surface area contributed by atoms with Crippen molar-refractivity contribution in [3.05, 3.63) is 30.1 Å². The number of thioether (sulfide) groups is 1. The number of fused-ring (bicyclic) bond motifs is 1. The van der Waals surface area contributed by atoms with Crippen LogP contribution in [0.25, 0.3) is 0 Å². The third kappa shape index (κ3) is 1.61. The summed E-state index contributed by atoms with van der Waals surface area (Å²) >= 11 is 1.89. The van der Waals surface area contributed by atoms with Crippen LogP contribution in [0.15, 0.2) is 29.4 Å². The van der Waals surface area contributed by atoms with Crippen molar-refractivity contribution in [1.82, 2.24) is 9.88 Å². The lowest BCUT2D eigenvalue weighted by molar-refractivity contribution is 0.347. The summed E-state index contributed by atoms with van der Waals surface area (Å²) in [5.41, 5.74) is 1.10. The molecule has 1 saturated heterocycles. The van der Waals surface area contributed by atoms with Crippen molar-refractivity contribution in [3.8, 4) is 0 Å². The molecular weight excluding hydrogens is 218 g/mol. The molecule has 1 fully saturated rings. The average Bonchev–Trinajstić information content (AvgIpc) is 2.89. The van der Waals surface area contributed by atoms with Crippen LogP contribution in [0.3, 0.4) is 0 Å². The van der Waals surface area contributed by atoms with Gasteiger partial charge in [-0.25, -0.2) is 0 Å². The minimum atomic E-state index is 0.248. The lowest BCUT2D eigenvalue weighted by Crippen LogP contribution is -2.32. The van der Waals surface area contributed by atoms with Crippen molar-refractivity contribution < 1.29 is 0 Å². The Labute approximate surface area is 100.0 Å². The Balaban J connectivity index is 1.82. The minimum absolute atomic E-state index is 0.248. The van der Waals surface area contributed by atoms with Crippen molar-refractivity contribution in [3.63, 3.8) is 0 Å². The topological polar surface area (TPSA) is 28.5 Å². The Morgan fingerprint density at radius 2 is 2.44 bits per heavy atom. The maximum absolute atomic E-state index is 4.76. The normalized spacial score (nSPS) is 28.1. The summed E-state index contributed by atoms with van der Waals surface area (Å²) in [4.78, 5) is 11.6. The molecule has 1 aromatic rings. The lowest BCUT2D eigenvalue weighted by atomic mass is 10.1. The second-order valence-electron chi connectivity index (χ2n) is 4.21. The van der Waals surface area contributed by atoms with E-state index in [0.717, 1.165) is 12.2 Å². The first-order valence-electron chi connectivity index (χ1n) is 5.76. The maximum Gasteiger partial charge on any atom is 0.160 e. The van der Waals surface area contributed by atoms with Crippen molar-refractivity contribution >= 4 is 16.9 Å². The van der Waals surface area contributed by atoms with Gasteiger partial charge in [-0.05, 0) is 18.6 Å². The van der Waals surface area contributed by atoms with Gasteiger partial charge in [0.15, 0.2) is 5.17 Å². The molecule has 3 nitrogen and oxygen atoms in total.